The molecule has 126 valence electrons. The van der Waals surface area contributed by atoms with Crippen molar-refractivity contribution in [2.45, 2.75) is 52.8 Å². The van der Waals surface area contributed by atoms with E-state index in [0.717, 1.165) is 5.56 Å². The SMILES string of the molecule is CC(C)C(CNC(=O)OC(C)(C)C)NCc1cccc(C#N)c1. The molecule has 1 aromatic rings. The standard InChI is InChI=1S/C18H27N3O2/c1-13(2)16(12-21-17(22)23-18(3,4)5)20-11-15-8-6-7-14(9-15)10-19/h6-9,13,16,20H,11-12H2,1-5H3,(H,21,22). The van der Waals surface area contributed by atoms with Crippen LogP contribution in [0.3, 0.4) is 0 Å². The molecular weight excluding hydrogens is 290 g/mol. The van der Waals surface area contributed by atoms with Gasteiger partial charge in [0.05, 0.1) is 11.6 Å². The molecule has 0 bridgehead atoms. The van der Waals surface area contributed by atoms with Gasteiger partial charge in [0.2, 0.25) is 0 Å². The van der Waals surface area contributed by atoms with Crippen molar-refractivity contribution in [1.82, 2.24) is 10.6 Å². The molecule has 0 spiro atoms. The Morgan fingerprint density at radius 1 is 1.35 bits per heavy atom. The Kier molecular flexibility index (Phi) is 7.05. The van der Waals surface area contributed by atoms with Gasteiger partial charge in [0, 0.05) is 19.1 Å². The molecule has 0 radical (unpaired) electrons. The first-order valence-corrected chi connectivity index (χ1v) is 7.90. The van der Waals surface area contributed by atoms with E-state index in [1.54, 1.807) is 6.07 Å². The Balaban J connectivity index is 2.52. The van der Waals surface area contributed by atoms with Crippen LogP contribution in [0, 0.1) is 17.2 Å². The number of alkyl carbamates (subject to hydrolysis) is 1. The zero-order valence-electron chi connectivity index (χ0n) is 14.6. The molecule has 5 heteroatoms. The van der Waals surface area contributed by atoms with Crippen LogP contribution in [0.25, 0.3) is 0 Å². The van der Waals surface area contributed by atoms with Gasteiger partial charge in [-0.2, -0.15) is 5.26 Å². The summed E-state index contributed by atoms with van der Waals surface area (Å²) in [6.07, 6.45) is -0.406. The molecule has 1 rings (SSSR count). The van der Waals surface area contributed by atoms with Gasteiger partial charge in [-0.1, -0.05) is 26.0 Å². The first kappa shape index (κ1) is 19.0. The third-order valence-electron chi connectivity index (χ3n) is 3.29. The van der Waals surface area contributed by atoms with Crippen molar-refractivity contribution in [3.8, 4) is 6.07 Å². The van der Waals surface area contributed by atoms with Crippen molar-refractivity contribution in [2.75, 3.05) is 6.54 Å². The van der Waals surface area contributed by atoms with Crippen molar-refractivity contribution in [3.63, 3.8) is 0 Å². The van der Waals surface area contributed by atoms with Crippen LogP contribution in [0.4, 0.5) is 4.79 Å². The van der Waals surface area contributed by atoms with Gasteiger partial charge in [0.15, 0.2) is 0 Å². The summed E-state index contributed by atoms with van der Waals surface area (Å²) < 4.78 is 5.25. The largest absolute Gasteiger partial charge is 0.444 e. The topological polar surface area (TPSA) is 74.2 Å². The molecule has 0 aromatic heterocycles. The predicted octanol–water partition coefficient (Wildman–Crippen LogP) is 3.20. The molecule has 0 aliphatic heterocycles. The van der Waals surface area contributed by atoms with Crippen molar-refractivity contribution in [1.29, 1.82) is 5.26 Å². The van der Waals surface area contributed by atoms with Crippen LogP contribution in [0.15, 0.2) is 24.3 Å². The van der Waals surface area contributed by atoms with Crippen molar-refractivity contribution in [2.24, 2.45) is 5.92 Å². The first-order chi connectivity index (χ1) is 10.7. The van der Waals surface area contributed by atoms with Crippen molar-refractivity contribution in [3.05, 3.63) is 35.4 Å². The summed E-state index contributed by atoms with van der Waals surface area (Å²) in [5, 5.41) is 15.2. The van der Waals surface area contributed by atoms with E-state index in [1.165, 1.54) is 0 Å². The third-order valence-corrected chi connectivity index (χ3v) is 3.29. The summed E-state index contributed by atoms with van der Waals surface area (Å²) in [4.78, 5) is 11.7. The lowest BCUT2D eigenvalue weighted by Gasteiger charge is -2.25. The highest BCUT2D eigenvalue weighted by atomic mass is 16.6. The van der Waals surface area contributed by atoms with E-state index in [-0.39, 0.29) is 6.04 Å². The highest BCUT2D eigenvalue weighted by Gasteiger charge is 2.18. The Morgan fingerprint density at radius 3 is 2.61 bits per heavy atom. The number of nitriles is 1. The molecule has 0 aliphatic rings. The molecule has 1 aromatic carbocycles. The summed E-state index contributed by atoms with van der Waals surface area (Å²) >= 11 is 0. The number of carbonyl (C=O) groups excluding carboxylic acids is 1. The highest BCUT2D eigenvalue weighted by Crippen LogP contribution is 2.08. The summed E-state index contributed by atoms with van der Waals surface area (Å²) in [7, 11) is 0. The highest BCUT2D eigenvalue weighted by molar-refractivity contribution is 5.67. The first-order valence-electron chi connectivity index (χ1n) is 7.90. The Bertz CT molecular complexity index is 556. The van der Waals surface area contributed by atoms with E-state index in [9.17, 15) is 4.79 Å². The van der Waals surface area contributed by atoms with Crippen LogP contribution in [0.2, 0.25) is 0 Å². The Labute approximate surface area is 139 Å². The summed E-state index contributed by atoms with van der Waals surface area (Å²) in [5.41, 5.74) is 1.20. The van der Waals surface area contributed by atoms with E-state index in [0.29, 0.717) is 24.6 Å². The van der Waals surface area contributed by atoms with Crippen LogP contribution in [0.5, 0.6) is 0 Å². The lowest BCUT2D eigenvalue weighted by Crippen LogP contribution is -2.45. The maximum atomic E-state index is 11.7. The van der Waals surface area contributed by atoms with Gasteiger partial charge in [0.25, 0.3) is 0 Å². The molecule has 23 heavy (non-hydrogen) atoms. The van der Waals surface area contributed by atoms with Gasteiger partial charge in [0.1, 0.15) is 5.60 Å². The molecule has 1 unspecified atom stereocenters. The number of benzene rings is 1. The second-order valence-electron chi connectivity index (χ2n) is 6.93. The van der Waals surface area contributed by atoms with Gasteiger partial charge < -0.3 is 15.4 Å². The molecule has 0 saturated carbocycles. The second-order valence-corrected chi connectivity index (χ2v) is 6.93. The van der Waals surface area contributed by atoms with Crippen LogP contribution in [-0.2, 0) is 11.3 Å². The fraction of sp³-hybridized carbons (Fsp3) is 0.556. The zero-order valence-corrected chi connectivity index (χ0v) is 14.6. The fourth-order valence-corrected chi connectivity index (χ4v) is 2.05. The molecule has 5 nitrogen and oxygen atoms in total. The number of carbonyl (C=O) groups is 1. The smallest absolute Gasteiger partial charge is 0.407 e. The number of nitrogens with one attached hydrogen (secondary N) is 2. The lowest BCUT2D eigenvalue weighted by atomic mass is 10.0. The molecule has 0 heterocycles. The third kappa shape index (κ3) is 7.66. The molecule has 1 atom stereocenters. The second kappa shape index (κ2) is 8.54. The van der Waals surface area contributed by atoms with Crippen LogP contribution >= 0.6 is 0 Å². The van der Waals surface area contributed by atoms with Crippen LogP contribution < -0.4 is 10.6 Å². The average Bonchev–Trinajstić information content (AvgIpc) is 2.45. The number of nitrogens with zero attached hydrogens (tertiary/aromatic N) is 1. The van der Waals surface area contributed by atoms with E-state index < -0.39 is 11.7 Å². The minimum Gasteiger partial charge on any atom is -0.444 e. The van der Waals surface area contributed by atoms with E-state index in [1.807, 2.05) is 39.0 Å². The minimum absolute atomic E-state index is 0.119. The number of hydrogen-bond donors (Lipinski definition) is 2. The molecular formula is C18H27N3O2. The summed E-state index contributed by atoms with van der Waals surface area (Å²) in [5.74, 6) is 0.351. The predicted molar refractivity (Wildman–Crippen MR) is 90.9 cm³/mol. The van der Waals surface area contributed by atoms with Crippen molar-refractivity contribution < 1.29 is 9.53 Å². The van der Waals surface area contributed by atoms with Gasteiger partial charge in [-0.15, -0.1) is 0 Å². The minimum atomic E-state index is -0.497. The Morgan fingerprint density at radius 2 is 2.04 bits per heavy atom. The van der Waals surface area contributed by atoms with Gasteiger partial charge in [-0.3, -0.25) is 0 Å². The summed E-state index contributed by atoms with van der Waals surface area (Å²) in [6, 6.07) is 9.76. The maximum absolute atomic E-state index is 11.7. The number of rotatable bonds is 6. The molecule has 1 amide bonds. The van der Waals surface area contributed by atoms with E-state index >= 15 is 0 Å². The molecule has 0 saturated heterocycles. The van der Waals surface area contributed by atoms with Crippen LogP contribution in [-0.4, -0.2) is 24.3 Å². The lowest BCUT2D eigenvalue weighted by molar-refractivity contribution is 0.0519. The molecule has 2 N–H and O–H groups in total. The number of ether oxygens (including phenoxy) is 1. The monoisotopic (exact) mass is 317 g/mol. The molecule has 0 aliphatic carbocycles. The normalized spacial score (nSPS) is 12.6. The zero-order chi connectivity index (χ0) is 17.5. The van der Waals surface area contributed by atoms with Gasteiger partial charge in [-0.25, -0.2) is 4.79 Å². The number of hydrogen-bond acceptors (Lipinski definition) is 4. The average molecular weight is 317 g/mol. The van der Waals surface area contributed by atoms with Gasteiger partial charge >= 0.3 is 6.09 Å². The fourth-order valence-electron chi connectivity index (χ4n) is 2.05. The number of amides is 1. The van der Waals surface area contributed by atoms with E-state index in [2.05, 4.69) is 30.6 Å². The molecule has 0 fully saturated rings. The summed E-state index contributed by atoms with van der Waals surface area (Å²) in [6.45, 7) is 10.9. The quantitative estimate of drug-likeness (QED) is 0.845. The van der Waals surface area contributed by atoms with Crippen molar-refractivity contribution >= 4 is 6.09 Å². The Hall–Kier alpha value is -2.06. The van der Waals surface area contributed by atoms with Crippen LogP contribution in [0.1, 0.15) is 45.7 Å². The maximum Gasteiger partial charge on any atom is 0.407 e. The van der Waals surface area contributed by atoms with E-state index in [4.69, 9.17) is 10.00 Å². The van der Waals surface area contributed by atoms with Gasteiger partial charge in [-0.05, 0) is 44.4 Å².